The molecule has 0 spiro atoms. The Morgan fingerprint density at radius 3 is 2.07 bits per heavy atom. The number of hydrogen-bond acceptors (Lipinski definition) is 4. The summed E-state index contributed by atoms with van der Waals surface area (Å²) in [5.41, 5.74) is 8.51. The van der Waals surface area contributed by atoms with Crippen molar-refractivity contribution in [3.8, 4) is 11.5 Å². The van der Waals surface area contributed by atoms with E-state index in [0.29, 0.717) is 5.75 Å². The number of carbonyl (C=O) groups is 2. The molecule has 3 N–H and O–H groups in total. The van der Waals surface area contributed by atoms with Gasteiger partial charge >= 0.3 is 0 Å². The molecule has 28 heavy (non-hydrogen) atoms. The Kier molecular flexibility index (Phi) is 7.04. The highest BCUT2D eigenvalue weighted by molar-refractivity contribution is 5.97. The average Bonchev–Trinajstić information content (AvgIpc) is 2.65. The van der Waals surface area contributed by atoms with Crippen LogP contribution in [0.4, 0.5) is 5.69 Å². The Balaban J connectivity index is 2.24. The van der Waals surface area contributed by atoms with E-state index in [4.69, 9.17) is 15.2 Å². The number of amides is 2. The molecular weight excluding hydrogens is 356 g/mol. The third-order valence-electron chi connectivity index (χ3n) is 4.45. The Labute approximate surface area is 166 Å². The molecule has 0 aliphatic carbocycles. The van der Waals surface area contributed by atoms with Crippen LogP contribution in [0.1, 0.15) is 61.0 Å². The lowest BCUT2D eigenvalue weighted by molar-refractivity contribution is -0.118. The zero-order valence-electron chi connectivity index (χ0n) is 17.0. The molecule has 0 unspecified atom stereocenters. The molecule has 2 rings (SSSR count). The van der Waals surface area contributed by atoms with Gasteiger partial charge in [-0.2, -0.15) is 0 Å². The first-order valence-electron chi connectivity index (χ1n) is 9.28. The number of nitrogens with two attached hydrogens (primary N) is 1. The Morgan fingerprint density at radius 1 is 1.00 bits per heavy atom. The van der Waals surface area contributed by atoms with Crippen LogP contribution in [0.15, 0.2) is 36.4 Å². The van der Waals surface area contributed by atoms with Crippen LogP contribution >= 0.6 is 0 Å². The summed E-state index contributed by atoms with van der Waals surface area (Å²) in [7, 11) is 1.46. The van der Waals surface area contributed by atoms with Crippen molar-refractivity contribution in [3.05, 3.63) is 53.1 Å². The fourth-order valence-corrected chi connectivity index (χ4v) is 3.03. The molecule has 2 aromatic carbocycles. The smallest absolute Gasteiger partial charge is 0.262 e. The fraction of sp³-hybridized carbons (Fsp3) is 0.364. The number of benzene rings is 2. The van der Waals surface area contributed by atoms with Crippen molar-refractivity contribution in [2.75, 3.05) is 19.0 Å². The van der Waals surface area contributed by atoms with E-state index in [1.54, 1.807) is 12.1 Å². The largest absolute Gasteiger partial charge is 0.493 e. The summed E-state index contributed by atoms with van der Waals surface area (Å²) >= 11 is 0. The highest BCUT2D eigenvalue weighted by atomic mass is 16.5. The van der Waals surface area contributed by atoms with Crippen molar-refractivity contribution < 1.29 is 19.1 Å². The summed E-state index contributed by atoms with van der Waals surface area (Å²) in [4.78, 5) is 24.3. The van der Waals surface area contributed by atoms with Gasteiger partial charge in [0, 0.05) is 5.69 Å². The quantitative estimate of drug-likeness (QED) is 0.718. The summed E-state index contributed by atoms with van der Waals surface area (Å²) in [6.07, 6.45) is 0. The van der Waals surface area contributed by atoms with Crippen molar-refractivity contribution in [1.29, 1.82) is 0 Å². The van der Waals surface area contributed by atoms with Crippen molar-refractivity contribution in [1.82, 2.24) is 0 Å². The van der Waals surface area contributed by atoms with Gasteiger partial charge in [-0.15, -0.1) is 0 Å². The van der Waals surface area contributed by atoms with Crippen LogP contribution in [0.25, 0.3) is 0 Å². The number of para-hydroxylation sites is 2. The number of hydrogen-bond donors (Lipinski definition) is 2. The van der Waals surface area contributed by atoms with Crippen LogP contribution in [-0.2, 0) is 4.79 Å². The van der Waals surface area contributed by atoms with Gasteiger partial charge in [0.15, 0.2) is 18.1 Å². The van der Waals surface area contributed by atoms with Gasteiger partial charge in [-0.3, -0.25) is 9.59 Å². The molecule has 0 saturated carbocycles. The van der Waals surface area contributed by atoms with Crippen molar-refractivity contribution in [3.63, 3.8) is 0 Å². The number of ether oxygens (including phenoxy) is 2. The van der Waals surface area contributed by atoms with Crippen molar-refractivity contribution in [2.24, 2.45) is 5.73 Å². The minimum absolute atomic E-state index is 0.161. The molecule has 2 amide bonds. The van der Waals surface area contributed by atoms with E-state index in [9.17, 15) is 9.59 Å². The monoisotopic (exact) mass is 384 g/mol. The lowest BCUT2D eigenvalue weighted by Gasteiger charge is -2.20. The van der Waals surface area contributed by atoms with Gasteiger partial charge in [-0.1, -0.05) is 52.0 Å². The Morgan fingerprint density at radius 2 is 1.57 bits per heavy atom. The van der Waals surface area contributed by atoms with Crippen LogP contribution in [0.5, 0.6) is 11.5 Å². The van der Waals surface area contributed by atoms with Gasteiger partial charge < -0.3 is 20.5 Å². The maximum absolute atomic E-state index is 12.6. The summed E-state index contributed by atoms with van der Waals surface area (Å²) < 4.78 is 10.8. The highest BCUT2D eigenvalue weighted by Crippen LogP contribution is 2.33. The first-order valence-corrected chi connectivity index (χ1v) is 9.28. The number of primary amides is 1. The van der Waals surface area contributed by atoms with E-state index in [-0.39, 0.29) is 35.7 Å². The zero-order chi connectivity index (χ0) is 20.8. The Hall–Kier alpha value is -3.02. The van der Waals surface area contributed by atoms with Gasteiger partial charge in [0.05, 0.1) is 12.7 Å². The Bertz CT molecular complexity index is 833. The molecular formula is C22H28N2O4. The molecule has 0 bridgehead atoms. The van der Waals surface area contributed by atoms with Crippen molar-refractivity contribution in [2.45, 2.75) is 39.5 Å². The second-order valence-electron chi connectivity index (χ2n) is 7.16. The number of carbonyl (C=O) groups excluding carboxylic acids is 2. The molecule has 0 atom stereocenters. The van der Waals surface area contributed by atoms with Gasteiger partial charge in [0.2, 0.25) is 0 Å². The predicted octanol–water partition coefficient (Wildman–Crippen LogP) is 4.06. The minimum Gasteiger partial charge on any atom is -0.493 e. The number of nitrogens with one attached hydrogen (secondary N) is 1. The molecule has 0 aliphatic heterocycles. The molecule has 6 nitrogen and oxygen atoms in total. The maximum Gasteiger partial charge on any atom is 0.262 e. The van der Waals surface area contributed by atoms with E-state index in [1.165, 1.54) is 13.2 Å². The van der Waals surface area contributed by atoms with E-state index in [2.05, 4.69) is 33.0 Å². The first kappa shape index (κ1) is 21.3. The molecule has 6 heteroatoms. The third-order valence-corrected chi connectivity index (χ3v) is 4.45. The lowest BCUT2D eigenvalue weighted by atomic mass is 9.92. The van der Waals surface area contributed by atoms with Gasteiger partial charge in [-0.05, 0) is 35.1 Å². The lowest BCUT2D eigenvalue weighted by Crippen LogP contribution is -2.23. The van der Waals surface area contributed by atoms with Crippen LogP contribution in [0.3, 0.4) is 0 Å². The van der Waals surface area contributed by atoms with Crippen LogP contribution < -0.4 is 20.5 Å². The van der Waals surface area contributed by atoms with E-state index < -0.39 is 5.91 Å². The molecule has 0 aromatic heterocycles. The molecule has 150 valence electrons. The summed E-state index contributed by atoms with van der Waals surface area (Å²) in [6.45, 7) is 8.06. The predicted molar refractivity (Wildman–Crippen MR) is 110 cm³/mol. The normalized spacial score (nSPS) is 10.8. The highest BCUT2D eigenvalue weighted by Gasteiger charge is 2.19. The summed E-state index contributed by atoms with van der Waals surface area (Å²) in [6, 6.07) is 10.8. The maximum atomic E-state index is 12.6. The molecule has 0 aliphatic rings. The number of methoxy groups -OCH3 is 1. The zero-order valence-corrected chi connectivity index (χ0v) is 17.0. The van der Waals surface area contributed by atoms with Gasteiger partial charge in [-0.25, -0.2) is 0 Å². The second kappa shape index (κ2) is 9.26. The summed E-state index contributed by atoms with van der Waals surface area (Å²) in [5, 5.41) is 2.98. The van der Waals surface area contributed by atoms with E-state index in [1.807, 2.05) is 18.2 Å². The molecule has 0 fully saturated rings. The first-order chi connectivity index (χ1) is 13.3. The topological polar surface area (TPSA) is 90.7 Å². The minimum atomic E-state index is -0.651. The van der Waals surface area contributed by atoms with Gasteiger partial charge in [0.1, 0.15) is 0 Å². The fourth-order valence-electron chi connectivity index (χ4n) is 3.03. The SMILES string of the molecule is COc1cccc(C(N)=O)c1OCC(=O)Nc1c(C(C)C)cccc1C(C)C. The number of rotatable bonds is 8. The van der Waals surface area contributed by atoms with Crippen LogP contribution in [-0.4, -0.2) is 25.5 Å². The average molecular weight is 384 g/mol. The molecule has 2 aromatic rings. The van der Waals surface area contributed by atoms with Gasteiger partial charge in [0.25, 0.3) is 11.8 Å². The second-order valence-corrected chi connectivity index (χ2v) is 7.16. The van der Waals surface area contributed by atoms with E-state index in [0.717, 1.165) is 16.8 Å². The molecule has 0 saturated heterocycles. The third kappa shape index (κ3) is 4.82. The summed E-state index contributed by atoms with van der Waals surface area (Å²) in [5.74, 6) is 0.0394. The van der Waals surface area contributed by atoms with Crippen molar-refractivity contribution >= 4 is 17.5 Å². The standard InChI is InChI=1S/C22H28N2O4/c1-13(2)15-8-6-9-16(14(3)4)20(15)24-19(25)12-28-21-17(22(23)26)10-7-11-18(21)27-5/h6-11,13-14H,12H2,1-5H3,(H2,23,26)(H,24,25). The van der Waals surface area contributed by atoms with E-state index >= 15 is 0 Å². The molecule has 0 heterocycles. The number of anilines is 1. The van der Waals surface area contributed by atoms with Crippen LogP contribution in [0, 0.1) is 0 Å². The molecule has 0 radical (unpaired) electrons. The van der Waals surface area contributed by atoms with Crippen LogP contribution in [0.2, 0.25) is 0 Å².